The van der Waals surface area contributed by atoms with Crippen LogP contribution in [0.15, 0.2) is 65.3 Å². The van der Waals surface area contributed by atoms with Gasteiger partial charge in [-0.3, -0.25) is 5.32 Å². The molecule has 1 aliphatic rings. The first-order valence-electron chi connectivity index (χ1n) is 13.1. The van der Waals surface area contributed by atoms with Gasteiger partial charge in [-0.25, -0.2) is 9.37 Å². The number of hydrogen-bond acceptors (Lipinski definition) is 8. The zero-order valence-electron chi connectivity index (χ0n) is 22.6. The van der Waals surface area contributed by atoms with Gasteiger partial charge in [-0.15, -0.1) is 10.2 Å². The third-order valence-corrected chi connectivity index (χ3v) is 7.42. The Morgan fingerprint density at radius 2 is 1.77 bits per heavy atom. The second-order valence-electron chi connectivity index (χ2n) is 10.3. The number of oxazole rings is 1. The number of benzene rings is 3. The first kappa shape index (κ1) is 30.6. The zero-order valence-corrected chi connectivity index (χ0v) is 23.6. The van der Waals surface area contributed by atoms with Crippen LogP contribution >= 0.6 is 13.5 Å². The van der Waals surface area contributed by atoms with E-state index in [1.807, 2.05) is 0 Å². The van der Waals surface area contributed by atoms with E-state index < -0.39 is 46.8 Å². The standard InChI is InChI=1S/C29H25F4N5O4.H2S/c1-38-14-34-37-26(38)20-13-18(30)8-9-19(20)15-4-2-5-16(10-15)27-35-23-12-17(11-21(25(23)42-27)28(31,32)33)29(40,41)36-22-6-3-7-24(22)39;/h2,4-5,8-14,22,24,36,39-41H,3,6-7H2,1H3;1H2. The van der Waals surface area contributed by atoms with E-state index in [4.69, 9.17) is 4.42 Å². The number of nitrogens with zero attached hydrogens (tertiary/aromatic N) is 4. The average molecular weight is 618 g/mol. The van der Waals surface area contributed by atoms with Crippen LogP contribution < -0.4 is 5.32 Å². The van der Waals surface area contributed by atoms with Gasteiger partial charge in [0.05, 0.1) is 6.10 Å². The second kappa shape index (κ2) is 11.4. The van der Waals surface area contributed by atoms with Crippen LogP contribution in [0.3, 0.4) is 0 Å². The van der Waals surface area contributed by atoms with Crippen molar-refractivity contribution in [1.29, 1.82) is 0 Å². The fraction of sp³-hybridized carbons (Fsp3) is 0.276. The molecule has 2 atom stereocenters. The fourth-order valence-corrected chi connectivity index (χ4v) is 5.32. The highest BCUT2D eigenvalue weighted by molar-refractivity contribution is 7.59. The molecule has 2 unspecified atom stereocenters. The Morgan fingerprint density at radius 1 is 1.00 bits per heavy atom. The molecule has 0 spiro atoms. The smallest absolute Gasteiger partial charge is 0.420 e. The normalized spacial score (nSPS) is 17.4. The largest absolute Gasteiger partial charge is 0.435 e. The van der Waals surface area contributed by atoms with Crippen LogP contribution in [-0.2, 0) is 19.1 Å². The molecule has 226 valence electrons. The monoisotopic (exact) mass is 617 g/mol. The maximum Gasteiger partial charge on any atom is 0.420 e. The lowest BCUT2D eigenvalue weighted by molar-refractivity contribution is -0.205. The van der Waals surface area contributed by atoms with Crippen molar-refractivity contribution in [3.8, 4) is 34.0 Å². The maximum atomic E-state index is 14.2. The number of hydrogen-bond donors (Lipinski definition) is 4. The van der Waals surface area contributed by atoms with Crippen LogP contribution in [0.2, 0.25) is 0 Å². The third-order valence-electron chi connectivity index (χ3n) is 7.42. The number of halogens is 4. The van der Waals surface area contributed by atoms with Crippen molar-refractivity contribution >= 4 is 24.6 Å². The van der Waals surface area contributed by atoms with Gasteiger partial charge in [0.2, 0.25) is 5.89 Å². The van der Waals surface area contributed by atoms with E-state index in [1.165, 1.54) is 18.5 Å². The quantitative estimate of drug-likeness (QED) is 0.158. The molecular formula is C29H27F4N5O4S. The van der Waals surface area contributed by atoms with Crippen LogP contribution in [-0.4, -0.2) is 47.2 Å². The number of aliphatic hydroxyl groups is 3. The molecule has 2 heterocycles. The highest BCUT2D eigenvalue weighted by Crippen LogP contribution is 2.40. The predicted octanol–water partition coefficient (Wildman–Crippen LogP) is 4.83. The molecule has 4 N–H and O–H groups in total. The van der Waals surface area contributed by atoms with Gasteiger partial charge in [-0.1, -0.05) is 18.2 Å². The summed E-state index contributed by atoms with van der Waals surface area (Å²) in [7, 11) is 1.71. The van der Waals surface area contributed by atoms with Gasteiger partial charge in [-0.05, 0) is 66.8 Å². The van der Waals surface area contributed by atoms with Gasteiger partial charge in [0.15, 0.2) is 11.4 Å². The molecule has 0 saturated heterocycles. The van der Waals surface area contributed by atoms with Gasteiger partial charge < -0.3 is 24.3 Å². The molecule has 43 heavy (non-hydrogen) atoms. The Bertz CT molecular complexity index is 1790. The molecule has 9 nitrogen and oxygen atoms in total. The van der Waals surface area contributed by atoms with E-state index in [0.29, 0.717) is 53.4 Å². The molecule has 1 aliphatic carbocycles. The lowest BCUT2D eigenvalue weighted by Gasteiger charge is -2.29. The van der Waals surface area contributed by atoms with Gasteiger partial charge >= 0.3 is 6.18 Å². The molecule has 0 bridgehead atoms. The van der Waals surface area contributed by atoms with Crippen LogP contribution in [0.5, 0.6) is 0 Å². The summed E-state index contributed by atoms with van der Waals surface area (Å²) in [5, 5.41) is 41.9. The Morgan fingerprint density at radius 3 is 2.44 bits per heavy atom. The van der Waals surface area contributed by atoms with Crippen molar-refractivity contribution in [2.45, 2.75) is 43.5 Å². The Hall–Kier alpha value is -3.82. The summed E-state index contributed by atoms with van der Waals surface area (Å²) in [5.74, 6) is -3.09. The Labute approximate surface area is 249 Å². The summed E-state index contributed by atoms with van der Waals surface area (Å²) < 4.78 is 63.9. The number of rotatable bonds is 6. The summed E-state index contributed by atoms with van der Waals surface area (Å²) in [6.45, 7) is 0. The molecule has 5 aromatic rings. The molecule has 14 heteroatoms. The van der Waals surface area contributed by atoms with E-state index in [-0.39, 0.29) is 24.9 Å². The lowest BCUT2D eigenvalue weighted by atomic mass is 9.97. The van der Waals surface area contributed by atoms with Crippen molar-refractivity contribution in [3.05, 3.63) is 77.9 Å². The highest BCUT2D eigenvalue weighted by Gasteiger charge is 2.40. The number of aromatic nitrogens is 4. The minimum atomic E-state index is -4.91. The zero-order chi connectivity index (χ0) is 29.8. The molecule has 2 aromatic heterocycles. The number of nitrogens with one attached hydrogen (secondary N) is 1. The highest BCUT2D eigenvalue weighted by atomic mass is 32.1. The maximum absolute atomic E-state index is 14.2. The number of aryl methyl sites for hydroxylation is 1. The minimum absolute atomic E-state index is 0. The van der Waals surface area contributed by atoms with Crippen molar-refractivity contribution in [2.24, 2.45) is 7.05 Å². The number of aliphatic hydroxyl groups excluding tert-OH is 1. The predicted molar refractivity (Wildman–Crippen MR) is 153 cm³/mol. The van der Waals surface area contributed by atoms with Gasteiger partial charge in [-0.2, -0.15) is 26.7 Å². The summed E-state index contributed by atoms with van der Waals surface area (Å²) in [6, 6.07) is 11.8. The summed E-state index contributed by atoms with van der Waals surface area (Å²) >= 11 is 0. The average Bonchev–Trinajstić information content (AvgIpc) is 3.67. The molecule has 6 rings (SSSR count). The van der Waals surface area contributed by atoms with E-state index in [1.54, 1.807) is 41.9 Å². The van der Waals surface area contributed by atoms with Crippen molar-refractivity contribution < 1.29 is 37.3 Å². The first-order valence-corrected chi connectivity index (χ1v) is 13.1. The van der Waals surface area contributed by atoms with Crippen molar-refractivity contribution in [3.63, 3.8) is 0 Å². The molecule has 0 aliphatic heterocycles. The van der Waals surface area contributed by atoms with Crippen LogP contribution in [0.25, 0.3) is 45.1 Å². The Balaban J connectivity index is 0.00000368. The van der Waals surface area contributed by atoms with E-state index in [0.717, 1.165) is 6.07 Å². The number of alkyl halides is 3. The molecule has 3 aromatic carbocycles. The third kappa shape index (κ3) is 5.88. The van der Waals surface area contributed by atoms with Crippen molar-refractivity contribution in [2.75, 3.05) is 0 Å². The van der Waals surface area contributed by atoms with E-state index in [2.05, 4.69) is 20.5 Å². The molecular weight excluding hydrogens is 590 g/mol. The molecule has 1 saturated carbocycles. The lowest BCUT2D eigenvalue weighted by Crippen LogP contribution is -2.50. The van der Waals surface area contributed by atoms with Crippen LogP contribution in [0.1, 0.15) is 30.4 Å². The van der Waals surface area contributed by atoms with Crippen molar-refractivity contribution in [1.82, 2.24) is 25.1 Å². The van der Waals surface area contributed by atoms with Crippen LogP contribution in [0.4, 0.5) is 17.6 Å². The second-order valence-corrected chi connectivity index (χ2v) is 10.3. The summed E-state index contributed by atoms with van der Waals surface area (Å²) in [5.41, 5.74) is -0.603. The fourth-order valence-electron chi connectivity index (χ4n) is 5.32. The topological polar surface area (TPSA) is 129 Å². The number of fused-ring (bicyclic) bond motifs is 1. The van der Waals surface area contributed by atoms with Gasteiger partial charge in [0.1, 0.15) is 23.2 Å². The van der Waals surface area contributed by atoms with E-state index in [9.17, 15) is 32.9 Å². The van der Waals surface area contributed by atoms with Gasteiger partial charge in [0.25, 0.3) is 5.91 Å². The van der Waals surface area contributed by atoms with Gasteiger partial charge in [0, 0.05) is 29.8 Å². The van der Waals surface area contributed by atoms with Crippen LogP contribution in [0, 0.1) is 5.82 Å². The molecule has 0 radical (unpaired) electrons. The summed E-state index contributed by atoms with van der Waals surface area (Å²) in [4.78, 5) is 4.26. The summed E-state index contributed by atoms with van der Waals surface area (Å²) in [6.07, 6.45) is -2.81. The minimum Gasteiger partial charge on any atom is -0.435 e. The molecule has 0 amide bonds. The molecule has 1 fully saturated rings. The SMILES string of the molecule is Cn1cnnc1-c1cc(F)ccc1-c1cccc(-c2nc3cc(C(O)(O)NC4CCCC4O)cc(C(F)(F)F)c3o2)c1.S. The first-order chi connectivity index (χ1) is 19.9. The van der Waals surface area contributed by atoms with E-state index >= 15 is 0 Å². The Kier molecular flexibility index (Phi) is 8.09.